The zero-order valence-electron chi connectivity index (χ0n) is 43.4. The standard InChI is InChI=1S/C50H96O21/c1-30(2)13-11-15-32(5)17-21-64-34(28-66-48-45(61)42(58)47(38(25-53)69-48)71-50-43(59)40(56)39(55)37(24-52)68-50)26-62-19-9-7-8-10-20-63-27-35(65-22-18-33(6)16-12-14-31(3)4)29-67-49-44(60)41(57)46(70-49)36(54)23-51/h30-61H,7-29H2,1-6H3/t32-,33-,34+,35+,36-,37-,38-,39+,40+,41-,42-,43-,44-,45-,46+,47-,48-,49-,50+/m1/s1. The van der Waals surface area contributed by atoms with E-state index in [1.807, 2.05) is 0 Å². The van der Waals surface area contributed by atoms with Crippen LogP contribution in [0.25, 0.3) is 0 Å². The lowest BCUT2D eigenvalue weighted by Gasteiger charge is -2.46. The van der Waals surface area contributed by atoms with Crippen molar-refractivity contribution in [3.8, 4) is 0 Å². The maximum Gasteiger partial charge on any atom is 0.187 e. The van der Waals surface area contributed by atoms with Crippen molar-refractivity contribution in [3.63, 3.8) is 0 Å². The van der Waals surface area contributed by atoms with E-state index < -0.39 is 124 Å². The van der Waals surface area contributed by atoms with Gasteiger partial charge >= 0.3 is 0 Å². The Morgan fingerprint density at radius 3 is 1.38 bits per heavy atom. The van der Waals surface area contributed by atoms with Gasteiger partial charge in [-0.25, -0.2) is 0 Å². The summed E-state index contributed by atoms with van der Waals surface area (Å²) >= 11 is 0. The van der Waals surface area contributed by atoms with Crippen LogP contribution in [0.15, 0.2) is 0 Å². The van der Waals surface area contributed by atoms with Crippen molar-refractivity contribution >= 4 is 0 Å². The Morgan fingerprint density at radius 2 is 0.901 bits per heavy atom. The molecule has 11 N–H and O–H groups in total. The molecule has 422 valence electrons. The minimum atomic E-state index is -1.78. The molecular formula is C50H96O21. The first-order valence-electron chi connectivity index (χ1n) is 26.4. The lowest BCUT2D eigenvalue weighted by atomic mass is 9.97. The maximum absolute atomic E-state index is 11.1. The summed E-state index contributed by atoms with van der Waals surface area (Å²) in [6, 6.07) is 0. The first-order chi connectivity index (χ1) is 33.9. The van der Waals surface area contributed by atoms with Crippen molar-refractivity contribution in [1.29, 1.82) is 0 Å². The van der Waals surface area contributed by atoms with Gasteiger partial charge in [-0.2, -0.15) is 0 Å². The molecule has 3 heterocycles. The molecule has 0 aromatic rings. The number of aliphatic hydroxyl groups excluding tert-OH is 11. The summed E-state index contributed by atoms with van der Waals surface area (Å²) in [6.07, 6.45) is -11.5. The topological polar surface area (TPSA) is 315 Å². The van der Waals surface area contributed by atoms with E-state index in [9.17, 15) is 56.2 Å². The Morgan fingerprint density at radius 1 is 0.437 bits per heavy atom. The van der Waals surface area contributed by atoms with Crippen molar-refractivity contribution in [2.24, 2.45) is 23.7 Å². The van der Waals surface area contributed by atoms with E-state index in [0.717, 1.165) is 70.6 Å². The highest BCUT2D eigenvalue weighted by Gasteiger charge is 2.51. The number of rotatable bonds is 39. The van der Waals surface area contributed by atoms with E-state index in [4.69, 9.17) is 47.4 Å². The van der Waals surface area contributed by atoms with Crippen LogP contribution in [-0.2, 0) is 47.4 Å². The second kappa shape index (κ2) is 35.5. The highest BCUT2D eigenvalue weighted by molar-refractivity contribution is 4.94. The molecule has 3 aliphatic rings. The number of ether oxygens (including phenoxy) is 10. The predicted molar refractivity (Wildman–Crippen MR) is 257 cm³/mol. The van der Waals surface area contributed by atoms with E-state index in [1.165, 1.54) is 6.42 Å². The normalized spacial score (nSPS) is 32.7. The average molecular weight is 1030 g/mol. The SMILES string of the molecule is CC(C)CCC[C@@H](C)CCO[C@@H](COCCCCCCOC[C@@H](CO[C@@H]1O[C@H](CO)[C@@H](O[C@@H]2O[C@H](CO)[C@H](O)[C@H](O)[C@H]2O)[C@H](O)[C@H]1O)OCC[C@H](C)CCCC(C)C)CO[C@@H]1O[C@@H]([C@H](O)CO)[C@H](O)[C@H]1O. The minimum Gasteiger partial charge on any atom is -0.394 e. The molecule has 0 aromatic heterocycles. The van der Waals surface area contributed by atoms with E-state index in [1.54, 1.807) is 0 Å². The van der Waals surface area contributed by atoms with Gasteiger partial charge in [0.15, 0.2) is 18.9 Å². The summed E-state index contributed by atoms with van der Waals surface area (Å²) < 4.78 is 58.6. The summed E-state index contributed by atoms with van der Waals surface area (Å²) in [4.78, 5) is 0. The van der Waals surface area contributed by atoms with Gasteiger partial charge < -0.3 is 104 Å². The van der Waals surface area contributed by atoms with Gasteiger partial charge in [-0.05, 0) is 49.4 Å². The van der Waals surface area contributed by atoms with Crippen LogP contribution in [0.5, 0.6) is 0 Å². The van der Waals surface area contributed by atoms with Gasteiger partial charge in [0.1, 0.15) is 85.5 Å². The average Bonchev–Trinajstić information content (AvgIpc) is 3.62. The molecule has 0 bridgehead atoms. The molecular weight excluding hydrogens is 937 g/mol. The van der Waals surface area contributed by atoms with E-state index in [2.05, 4.69) is 41.5 Å². The summed E-state index contributed by atoms with van der Waals surface area (Å²) in [5.74, 6) is 2.22. The first-order valence-corrected chi connectivity index (χ1v) is 26.4. The molecule has 0 saturated carbocycles. The summed E-state index contributed by atoms with van der Waals surface area (Å²) in [7, 11) is 0. The maximum atomic E-state index is 11.1. The fraction of sp³-hybridized carbons (Fsp3) is 1.00. The van der Waals surface area contributed by atoms with Crippen LogP contribution in [0, 0.1) is 23.7 Å². The van der Waals surface area contributed by atoms with Gasteiger partial charge in [0.2, 0.25) is 0 Å². The van der Waals surface area contributed by atoms with Gasteiger partial charge in [-0.15, -0.1) is 0 Å². The molecule has 3 fully saturated rings. The van der Waals surface area contributed by atoms with Crippen LogP contribution in [0.3, 0.4) is 0 Å². The first kappa shape index (κ1) is 64.4. The molecule has 0 aliphatic carbocycles. The van der Waals surface area contributed by atoms with Crippen LogP contribution in [-0.4, -0.2) is 233 Å². The predicted octanol–water partition coefficient (Wildman–Crippen LogP) is 0.513. The van der Waals surface area contributed by atoms with Crippen molar-refractivity contribution < 1.29 is 104 Å². The molecule has 19 atom stereocenters. The molecule has 0 spiro atoms. The highest BCUT2D eigenvalue weighted by Crippen LogP contribution is 2.30. The van der Waals surface area contributed by atoms with E-state index >= 15 is 0 Å². The Bertz CT molecular complexity index is 1320. The van der Waals surface area contributed by atoms with Gasteiger partial charge in [0.05, 0.1) is 46.2 Å². The van der Waals surface area contributed by atoms with E-state index in [-0.39, 0.29) is 26.4 Å². The summed E-state index contributed by atoms with van der Waals surface area (Å²) in [5.41, 5.74) is 0. The van der Waals surface area contributed by atoms with Crippen LogP contribution >= 0.6 is 0 Å². The van der Waals surface area contributed by atoms with Crippen molar-refractivity contribution in [1.82, 2.24) is 0 Å². The molecule has 0 radical (unpaired) electrons. The quantitative estimate of drug-likeness (QED) is 0.0374. The summed E-state index contributed by atoms with van der Waals surface area (Å²) in [6.45, 7) is 13.4. The Kier molecular flexibility index (Phi) is 32.2. The van der Waals surface area contributed by atoms with Crippen LogP contribution in [0.1, 0.15) is 119 Å². The molecule has 71 heavy (non-hydrogen) atoms. The second-order valence-corrected chi connectivity index (χ2v) is 20.9. The molecule has 3 rings (SSSR count). The number of unbranched alkanes of at least 4 members (excludes halogenated alkanes) is 3. The fourth-order valence-electron chi connectivity index (χ4n) is 8.72. The van der Waals surface area contributed by atoms with Crippen molar-refractivity contribution in [2.75, 3.05) is 72.7 Å². The lowest BCUT2D eigenvalue weighted by molar-refractivity contribution is -0.360. The molecule has 0 amide bonds. The van der Waals surface area contributed by atoms with Crippen LogP contribution in [0.4, 0.5) is 0 Å². The third-order valence-electron chi connectivity index (χ3n) is 13.5. The number of hydrogen-bond acceptors (Lipinski definition) is 21. The third-order valence-corrected chi connectivity index (χ3v) is 13.5. The molecule has 21 heteroatoms. The Labute approximate surface area is 421 Å². The number of hydrogen-bond donors (Lipinski definition) is 11. The summed E-state index contributed by atoms with van der Waals surface area (Å²) in [5, 5.41) is 113. The van der Waals surface area contributed by atoms with Crippen molar-refractivity contribution in [2.45, 2.75) is 223 Å². The largest absolute Gasteiger partial charge is 0.394 e. The third kappa shape index (κ3) is 23.1. The Balaban J connectivity index is 1.45. The zero-order valence-corrected chi connectivity index (χ0v) is 43.4. The highest BCUT2D eigenvalue weighted by atomic mass is 16.7. The van der Waals surface area contributed by atoms with Crippen LogP contribution < -0.4 is 0 Å². The molecule has 0 unspecified atom stereocenters. The Hall–Kier alpha value is -0.840. The van der Waals surface area contributed by atoms with Gasteiger partial charge in [-0.3, -0.25) is 0 Å². The molecule has 0 aromatic carbocycles. The molecule has 21 nitrogen and oxygen atoms in total. The van der Waals surface area contributed by atoms with Gasteiger partial charge in [-0.1, -0.05) is 92.9 Å². The zero-order chi connectivity index (χ0) is 52.5. The van der Waals surface area contributed by atoms with E-state index in [0.29, 0.717) is 50.1 Å². The van der Waals surface area contributed by atoms with Gasteiger partial charge in [0.25, 0.3) is 0 Å². The molecule has 3 saturated heterocycles. The second-order valence-electron chi connectivity index (χ2n) is 20.9. The smallest absolute Gasteiger partial charge is 0.187 e. The van der Waals surface area contributed by atoms with Gasteiger partial charge in [0, 0.05) is 26.4 Å². The molecule has 3 aliphatic heterocycles. The lowest BCUT2D eigenvalue weighted by Crippen LogP contribution is -2.64. The minimum absolute atomic E-state index is 0.0197. The monoisotopic (exact) mass is 1030 g/mol. The van der Waals surface area contributed by atoms with Crippen LogP contribution in [0.2, 0.25) is 0 Å². The number of aliphatic hydroxyl groups is 11. The fourth-order valence-corrected chi connectivity index (χ4v) is 8.72. The van der Waals surface area contributed by atoms with Crippen molar-refractivity contribution in [3.05, 3.63) is 0 Å².